The van der Waals surface area contributed by atoms with Crippen LogP contribution in [0.2, 0.25) is 0 Å². The van der Waals surface area contributed by atoms with Gasteiger partial charge in [0.25, 0.3) is 0 Å². The average molecular weight is 244 g/mol. The molecule has 0 saturated heterocycles. The van der Waals surface area contributed by atoms with Crippen LogP contribution < -0.4 is 10.5 Å². The zero-order valence-corrected chi connectivity index (χ0v) is 10.2. The highest BCUT2D eigenvalue weighted by molar-refractivity contribution is 7.89. The lowest BCUT2D eigenvalue weighted by Crippen LogP contribution is -2.26. The third-order valence-electron chi connectivity index (χ3n) is 2.48. The molecule has 1 fully saturated rings. The number of sulfonamides is 1. The number of anilines is 1. The van der Waals surface area contributed by atoms with Crippen molar-refractivity contribution in [1.82, 2.24) is 14.5 Å². The van der Waals surface area contributed by atoms with E-state index in [-0.39, 0.29) is 22.8 Å². The molecule has 7 heteroatoms. The van der Waals surface area contributed by atoms with E-state index in [1.807, 2.05) is 13.8 Å². The van der Waals surface area contributed by atoms with E-state index in [4.69, 9.17) is 5.73 Å². The van der Waals surface area contributed by atoms with Gasteiger partial charge < -0.3 is 5.73 Å². The van der Waals surface area contributed by atoms with Gasteiger partial charge in [-0.15, -0.1) is 0 Å². The molecule has 1 aliphatic carbocycles. The van der Waals surface area contributed by atoms with Crippen molar-refractivity contribution in [3.63, 3.8) is 0 Å². The van der Waals surface area contributed by atoms with E-state index < -0.39 is 10.0 Å². The summed E-state index contributed by atoms with van der Waals surface area (Å²) in [4.78, 5) is 0.0769. The van der Waals surface area contributed by atoms with E-state index in [0.29, 0.717) is 0 Å². The summed E-state index contributed by atoms with van der Waals surface area (Å²) in [6.07, 6.45) is 3.11. The Labute approximate surface area is 94.9 Å². The van der Waals surface area contributed by atoms with Crippen molar-refractivity contribution in [2.45, 2.75) is 43.7 Å². The van der Waals surface area contributed by atoms with Gasteiger partial charge in [-0.05, 0) is 26.7 Å². The molecule has 0 radical (unpaired) electrons. The molecule has 0 atom stereocenters. The molecule has 1 aromatic heterocycles. The van der Waals surface area contributed by atoms with E-state index in [1.54, 1.807) is 0 Å². The van der Waals surface area contributed by atoms with Crippen LogP contribution >= 0.6 is 0 Å². The van der Waals surface area contributed by atoms with E-state index >= 15 is 0 Å². The molecule has 1 saturated carbocycles. The van der Waals surface area contributed by atoms with Gasteiger partial charge in [-0.2, -0.15) is 5.10 Å². The number of nitrogens with two attached hydrogens (primary N) is 1. The first kappa shape index (κ1) is 11.4. The zero-order chi connectivity index (χ0) is 11.9. The highest BCUT2D eigenvalue weighted by atomic mass is 32.2. The van der Waals surface area contributed by atoms with Crippen LogP contribution in [-0.4, -0.2) is 24.2 Å². The van der Waals surface area contributed by atoms with Crippen molar-refractivity contribution in [3.8, 4) is 0 Å². The van der Waals surface area contributed by atoms with Crippen molar-refractivity contribution < 1.29 is 8.42 Å². The van der Waals surface area contributed by atoms with Gasteiger partial charge in [0.1, 0.15) is 10.7 Å². The van der Waals surface area contributed by atoms with E-state index in [1.165, 1.54) is 10.9 Å². The summed E-state index contributed by atoms with van der Waals surface area (Å²) in [6, 6.07) is 0.122. The monoisotopic (exact) mass is 244 g/mol. The van der Waals surface area contributed by atoms with Gasteiger partial charge in [-0.25, -0.2) is 17.8 Å². The van der Waals surface area contributed by atoms with Gasteiger partial charge in [0.05, 0.1) is 6.20 Å². The Bertz CT molecular complexity index is 488. The molecule has 3 N–H and O–H groups in total. The Hall–Kier alpha value is -1.08. The van der Waals surface area contributed by atoms with Gasteiger partial charge in [-0.1, -0.05) is 0 Å². The van der Waals surface area contributed by atoms with Crippen molar-refractivity contribution in [1.29, 1.82) is 0 Å². The summed E-state index contributed by atoms with van der Waals surface area (Å²) in [5.41, 5.74) is 5.77. The molecular formula is C9H16N4O2S. The van der Waals surface area contributed by atoms with Gasteiger partial charge in [0.15, 0.2) is 0 Å². The van der Waals surface area contributed by atoms with Crippen LogP contribution in [0.1, 0.15) is 32.7 Å². The molecule has 1 heterocycles. The highest BCUT2D eigenvalue weighted by Crippen LogP contribution is 2.25. The highest BCUT2D eigenvalue weighted by Gasteiger charge is 2.30. The fraction of sp³-hybridized carbons (Fsp3) is 0.667. The maximum absolute atomic E-state index is 11.9. The molecule has 0 spiro atoms. The Morgan fingerprint density at radius 2 is 2.19 bits per heavy atom. The molecule has 0 aliphatic heterocycles. The standard InChI is InChI=1S/C9H16N4O2S/c1-6(2)13-9(10)8(5-11-13)16(14,15)12-7-3-4-7/h5-7,12H,3-4,10H2,1-2H3. The number of hydrogen-bond acceptors (Lipinski definition) is 4. The number of nitrogens with zero attached hydrogens (tertiary/aromatic N) is 2. The molecule has 16 heavy (non-hydrogen) atoms. The second-order valence-corrected chi connectivity index (χ2v) is 6.01. The predicted octanol–water partition coefficient (Wildman–Crippen LogP) is 0.487. The second-order valence-electron chi connectivity index (χ2n) is 4.33. The first-order valence-electron chi connectivity index (χ1n) is 5.27. The third-order valence-corrected chi connectivity index (χ3v) is 4.01. The molecule has 0 bridgehead atoms. The van der Waals surface area contributed by atoms with Crippen molar-refractivity contribution >= 4 is 15.8 Å². The SMILES string of the molecule is CC(C)n1ncc(S(=O)(=O)NC2CC2)c1N. The smallest absolute Gasteiger partial charge is 0.246 e. The molecule has 2 rings (SSSR count). The van der Waals surface area contributed by atoms with Crippen LogP contribution in [0.4, 0.5) is 5.82 Å². The van der Waals surface area contributed by atoms with Crippen LogP contribution in [0.25, 0.3) is 0 Å². The molecule has 0 aromatic carbocycles. The number of nitrogens with one attached hydrogen (secondary N) is 1. The lowest BCUT2D eigenvalue weighted by atomic mass is 10.4. The normalized spacial score (nSPS) is 16.9. The van der Waals surface area contributed by atoms with E-state index in [2.05, 4.69) is 9.82 Å². The number of aromatic nitrogens is 2. The summed E-state index contributed by atoms with van der Waals surface area (Å²) in [5.74, 6) is 0.197. The minimum atomic E-state index is -3.50. The molecule has 90 valence electrons. The van der Waals surface area contributed by atoms with Crippen LogP contribution in [-0.2, 0) is 10.0 Å². The maximum Gasteiger partial charge on any atom is 0.246 e. The second kappa shape index (κ2) is 3.74. The third kappa shape index (κ3) is 2.05. The summed E-state index contributed by atoms with van der Waals surface area (Å²) >= 11 is 0. The fourth-order valence-electron chi connectivity index (χ4n) is 1.46. The number of rotatable bonds is 4. The summed E-state index contributed by atoms with van der Waals surface area (Å²) in [6.45, 7) is 3.79. The molecule has 6 nitrogen and oxygen atoms in total. The summed E-state index contributed by atoms with van der Waals surface area (Å²) < 4.78 is 27.9. The summed E-state index contributed by atoms with van der Waals surface area (Å²) in [5, 5.41) is 3.98. The molecule has 0 amide bonds. The van der Waals surface area contributed by atoms with Gasteiger partial charge in [0.2, 0.25) is 10.0 Å². The Kier molecular flexibility index (Phi) is 2.67. The van der Waals surface area contributed by atoms with Gasteiger partial charge in [0, 0.05) is 12.1 Å². The maximum atomic E-state index is 11.9. The van der Waals surface area contributed by atoms with Crippen molar-refractivity contribution in [2.75, 3.05) is 5.73 Å². The van der Waals surface area contributed by atoms with Crippen LogP contribution in [0.15, 0.2) is 11.1 Å². The van der Waals surface area contributed by atoms with Crippen LogP contribution in [0.5, 0.6) is 0 Å². The minimum Gasteiger partial charge on any atom is -0.383 e. The van der Waals surface area contributed by atoms with Crippen molar-refractivity contribution in [2.24, 2.45) is 0 Å². The van der Waals surface area contributed by atoms with Crippen LogP contribution in [0.3, 0.4) is 0 Å². The average Bonchev–Trinajstić information content (AvgIpc) is 2.84. The van der Waals surface area contributed by atoms with Gasteiger partial charge in [-0.3, -0.25) is 0 Å². The molecule has 1 aromatic rings. The first-order chi connectivity index (χ1) is 7.42. The minimum absolute atomic E-state index is 0.0462. The summed E-state index contributed by atoms with van der Waals surface area (Å²) in [7, 11) is -3.50. The quantitative estimate of drug-likeness (QED) is 0.806. The number of hydrogen-bond donors (Lipinski definition) is 2. The topological polar surface area (TPSA) is 90.0 Å². The lowest BCUT2D eigenvalue weighted by Gasteiger charge is -2.08. The first-order valence-corrected chi connectivity index (χ1v) is 6.75. The Morgan fingerprint density at radius 1 is 1.56 bits per heavy atom. The molecule has 1 aliphatic rings. The fourth-order valence-corrected chi connectivity index (χ4v) is 2.81. The molecule has 0 unspecified atom stereocenters. The predicted molar refractivity (Wildman–Crippen MR) is 60.4 cm³/mol. The Balaban J connectivity index is 2.32. The zero-order valence-electron chi connectivity index (χ0n) is 9.34. The van der Waals surface area contributed by atoms with Crippen LogP contribution in [0, 0.1) is 0 Å². The Morgan fingerprint density at radius 3 is 2.62 bits per heavy atom. The van der Waals surface area contributed by atoms with Crippen molar-refractivity contribution in [3.05, 3.63) is 6.20 Å². The lowest BCUT2D eigenvalue weighted by molar-refractivity contribution is 0.539. The van der Waals surface area contributed by atoms with E-state index in [9.17, 15) is 8.42 Å². The molecular weight excluding hydrogens is 228 g/mol. The largest absolute Gasteiger partial charge is 0.383 e. The number of nitrogen functional groups attached to an aromatic ring is 1. The van der Waals surface area contributed by atoms with E-state index in [0.717, 1.165) is 12.8 Å². The van der Waals surface area contributed by atoms with Gasteiger partial charge >= 0.3 is 0 Å².